The summed E-state index contributed by atoms with van der Waals surface area (Å²) in [5, 5.41) is 12.2. The molecule has 0 fully saturated rings. The molecule has 0 saturated heterocycles. The lowest BCUT2D eigenvalue weighted by molar-refractivity contribution is 0.0697. The number of benzene rings is 2. The summed E-state index contributed by atoms with van der Waals surface area (Å²) in [4.78, 5) is 10.8. The van der Waals surface area contributed by atoms with Crippen LogP contribution in [0.3, 0.4) is 0 Å². The molecule has 4 N–H and O–H groups in total. The number of hydrogen-bond acceptors (Lipinski definition) is 4. The highest BCUT2D eigenvalue weighted by atomic mass is 16.5. The fourth-order valence-electron chi connectivity index (χ4n) is 2.33. The van der Waals surface area contributed by atoms with E-state index in [2.05, 4.69) is 12.2 Å². The Morgan fingerprint density at radius 2 is 1.88 bits per heavy atom. The van der Waals surface area contributed by atoms with Crippen LogP contribution >= 0.6 is 0 Å². The molecule has 2 aromatic carbocycles. The van der Waals surface area contributed by atoms with Crippen LogP contribution in [0.5, 0.6) is 5.75 Å². The summed E-state index contributed by atoms with van der Waals surface area (Å²) in [7, 11) is 0. The van der Waals surface area contributed by atoms with Crippen molar-refractivity contribution in [1.82, 2.24) is 5.32 Å². The van der Waals surface area contributed by atoms with Crippen LogP contribution in [0, 0.1) is 0 Å². The van der Waals surface area contributed by atoms with E-state index in [0.29, 0.717) is 24.4 Å². The molecule has 2 rings (SSSR count). The fourth-order valence-corrected chi connectivity index (χ4v) is 2.33. The van der Waals surface area contributed by atoms with Gasteiger partial charge in [0.05, 0.1) is 17.9 Å². The maximum absolute atomic E-state index is 10.8. The summed E-state index contributed by atoms with van der Waals surface area (Å²) in [6, 6.07) is 12.8. The molecule has 2 aromatic rings. The number of rotatable bonds is 9. The smallest absolute Gasteiger partial charge is 0.335 e. The van der Waals surface area contributed by atoms with Crippen molar-refractivity contribution in [2.24, 2.45) is 0 Å². The molecule has 0 unspecified atom stereocenters. The van der Waals surface area contributed by atoms with Gasteiger partial charge >= 0.3 is 5.97 Å². The number of nitrogens with two attached hydrogens (primary N) is 1. The standard InChI is InChI=1S/C19H24N2O3/c1-2-11-24-18-8-5-14(12-17(18)20)9-10-21-13-15-3-6-16(7-4-15)19(22)23/h3-8,12,21H,2,9-11,13,20H2,1H3,(H,22,23). The van der Waals surface area contributed by atoms with Gasteiger partial charge in [-0.05, 0) is 54.8 Å². The van der Waals surface area contributed by atoms with Gasteiger partial charge in [-0.15, -0.1) is 0 Å². The number of hydrogen-bond donors (Lipinski definition) is 3. The Balaban J connectivity index is 1.77. The minimum absolute atomic E-state index is 0.305. The van der Waals surface area contributed by atoms with Gasteiger partial charge in [0.2, 0.25) is 0 Å². The Morgan fingerprint density at radius 3 is 2.50 bits per heavy atom. The van der Waals surface area contributed by atoms with Gasteiger partial charge in [-0.25, -0.2) is 4.79 Å². The van der Waals surface area contributed by atoms with Crippen molar-refractivity contribution in [1.29, 1.82) is 0 Å². The first kappa shape index (κ1) is 17.8. The largest absolute Gasteiger partial charge is 0.491 e. The van der Waals surface area contributed by atoms with Gasteiger partial charge < -0.3 is 20.9 Å². The van der Waals surface area contributed by atoms with E-state index in [1.807, 2.05) is 30.3 Å². The third kappa shape index (κ3) is 5.28. The molecule has 0 aliphatic heterocycles. The highest BCUT2D eigenvalue weighted by Gasteiger charge is 2.03. The highest BCUT2D eigenvalue weighted by Crippen LogP contribution is 2.22. The predicted octanol–water partition coefficient (Wildman–Crippen LogP) is 3.09. The van der Waals surface area contributed by atoms with Crippen LogP contribution in [0.25, 0.3) is 0 Å². The number of carboxylic acid groups (broad SMARTS) is 1. The van der Waals surface area contributed by atoms with E-state index in [9.17, 15) is 4.79 Å². The molecule has 0 spiro atoms. The first-order valence-electron chi connectivity index (χ1n) is 8.14. The minimum atomic E-state index is -0.904. The Hall–Kier alpha value is -2.53. The number of carbonyl (C=O) groups is 1. The SMILES string of the molecule is CCCOc1ccc(CCNCc2ccc(C(=O)O)cc2)cc1N. The maximum atomic E-state index is 10.8. The molecule has 0 radical (unpaired) electrons. The van der Waals surface area contributed by atoms with Gasteiger partial charge in [0.1, 0.15) is 5.75 Å². The second-order valence-electron chi connectivity index (χ2n) is 5.65. The van der Waals surface area contributed by atoms with Gasteiger partial charge in [0, 0.05) is 6.54 Å². The zero-order valence-corrected chi connectivity index (χ0v) is 13.9. The van der Waals surface area contributed by atoms with Crippen LogP contribution in [0.2, 0.25) is 0 Å². The predicted molar refractivity (Wildman–Crippen MR) is 95.5 cm³/mol. The number of anilines is 1. The average Bonchev–Trinajstić information content (AvgIpc) is 2.58. The quantitative estimate of drug-likeness (QED) is 0.486. The molecule has 0 aliphatic carbocycles. The highest BCUT2D eigenvalue weighted by molar-refractivity contribution is 5.87. The van der Waals surface area contributed by atoms with Crippen molar-refractivity contribution in [3.63, 3.8) is 0 Å². The van der Waals surface area contributed by atoms with Crippen LogP contribution in [-0.4, -0.2) is 24.2 Å². The zero-order chi connectivity index (χ0) is 17.4. The minimum Gasteiger partial charge on any atom is -0.491 e. The van der Waals surface area contributed by atoms with Crippen LogP contribution in [0.15, 0.2) is 42.5 Å². The summed E-state index contributed by atoms with van der Waals surface area (Å²) in [6.45, 7) is 4.25. The van der Waals surface area contributed by atoms with E-state index < -0.39 is 5.97 Å². The lowest BCUT2D eigenvalue weighted by Crippen LogP contribution is -2.16. The van der Waals surface area contributed by atoms with Crippen molar-refractivity contribution in [2.45, 2.75) is 26.3 Å². The number of nitrogens with one attached hydrogen (secondary N) is 1. The first-order valence-corrected chi connectivity index (χ1v) is 8.14. The Labute approximate surface area is 142 Å². The molecule has 5 nitrogen and oxygen atoms in total. The Morgan fingerprint density at radius 1 is 1.17 bits per heavy atom. The first-order chi connectivity index (χ1) is 11.6. The number of ether oxygens (including phenoxy) is 1. The van der Waals surface area contributed by atoms with Crippen LogP contribution in [0.1, 0.15) is 34.8 Å². The van der Waals surface area contributed by atoms with E-state index in [4.69, 9.17) is 15.6 Å². The number of carboxylic acids is 1. The average molecular weight is 328 g/mol. The maximum Gasteiger partial charge on any atom is 0.335 e. The van der Waals surface area contributed by atoms with Crippen LogP contribution in [0.4, 0.5) is 5.69 Å². The summed E-state index contributed by atoms with van der Waals surface area (Å²) in [5.74, 6) is -0.162. The second kappa shape index (κ2) is 8.93. The van der Waals surface area contributed by atoms with Gasteiger partial charge in [0.15, 0.2) is 0 Å². The van der Waals surface area contributed by atoms with E-state index in [1.54, 1.807) is 12.1 Å². The third-order valence-corrected chi connectivity index (χ3v) is 3.66. The molecule has 0 bridgehead atoms. The molecule has 0 amide bonds. The second-order valence-corrected chi connectivity index (χ2v) is 5.65. The van der Waals surface area contributed by atoms with Crippen molar-refractivity contribution in [3.05, 3.63) is 59.2 Å². The fraction of sp³-hybridized carbons (Fsp3) is 0.316. The number of aromatic carboxylic acids is 1. The van der Waals surface area contributed by atoms with E-state index in [0.717, 1.165) is 36.3 Å². The zero-order valence-electron chi connectivity index (χ0n) is 13.9. The van der Waals surface area contributed by atoms with Gasteiger partial charge in [-0.1, -0.05) is 25.1 Å². The van der Waals surface area contributed by atoms with Crippen LogP contribution < -0.4 is 15.8 Å². The lowest BCUT2D eigenvalue weighted by Gasteiger charge is -2.10. The Kier molecular flexibility index (Phi) is 6.63. The molecule has 5 heteroatoms. The van der Waals surface area contributed by atoms with E-state index in [-0.39, 0.29) is 0 Å². The summed E-state index contributed by atoms with van der Waals surface area (Å²) in [6.07, 6.45) is 1.82. The van der Waals surface area contributed by atoms with E-state index in [1.165, 1.54) is 0 Å². The third-order valence-electron chi connectivity index (χ3n) is 3.66. The molecule has 0 heterocycles. The van der Waals surface area contributed by atoms with Crippen LogP contribution in [-0.2, 0) is 13.0 Å². The van der Waals surface area contributed by atoms with Crippen molar-refractivity contribution in [3.8, 4) is 5.75 Å². The van der Waals surface area contributed by atoms with Gasteiger partial charge in [-0.2, -0.15) is 0 Å². The summed E-state index contributed by atoms with van der Waals surface area (Å²) in [5.41, 5.74) is 9.19. The van der Waals surface area contributed by atoms with E-state index >= 15 is 0 Å². The monoisotopic (exact) mass is 328 g/mol. The summed E-state index contributed by atoms with van der Waals surface area (Å²) < 4.78 is 5.57. The molecule has 0 saturated carbocycles. The van der Waals surface area contributed by atoms with Gasteiger partial charge in [0.25, 0.3) is 0 Å². The normalized spacial score (nSPS) is 10.5. The molecular weight excluding hydrogens is 304 g/mol. The summed E-state index contributed by atoms with van der Waals surface area (Å²) >= 11 is 0. The number of nitrogen functional groups attached to an aromatic ring is 1. The molecule has 24 heavy (non-hydrogen) atoms. The molecule has 0 atom stereocenters. The topological polar surface area (TPSA) is 84.6 Å². The van der Waals surface area contributed by atoms with Crippen molar-refractivity contribution >= 4 is 11.7 Å². The molecule has 0 aromatic heterocycles. The molecule has 128 valence electrons. The van der Waals surface area contributed by atoms with Gasteiger partial charge in [-0.3, -0.25) is 0 Å². The molecule has 0 aliphatic rings. The van der Waals surface area contributed by atoms with Crippen molar-refractivity contribution < 1.29 is 14.6 Å². The Bertz CT molecular complexity index is 669. The van der Waals surface area contributed by atoms with Crippen molar-refractivity contribution in [2.75, 3.05) is 18.9 Å². The lowest BCUT2D eigenvalue weighted by atomic mass is 10.1. The molecular formula is C19H24N2O3.